The number of fused-ring (bicyclic) bond motifs is 1. The third kappa shape index (κ3) is 2.36. The summed E-state index contributed by atoms with van der Waals surface area (Å²) >= 11 is 0. The molecule has 0 amide bonds. The monoisotopic (exact) mass is 256 g/mol. The Bertz CT molecular complexity index is 635. The number of carbonyl (C=O) groups excluding carboxylic acids is 1. The van der Waals surface area contributed by atoms with E-state index in [1.54, 1.807) is 12.1 Å². The smallest absolute Gasteiger partial charge is 0.150 e. The Morgan fingerprint density at radius 1 is 1.26 bits per heavy atom. The highest BCUT2D eigenvalue weighted by Gasteiger charge is 2.17. The van der Waals surface area contributed by atoms with E-state index in [1.165, 1.54) is 12.1 Å². The number of benzene rings is 2. The summed E-state index contributed by atoms with van der Waals surface area (Å²) in [5.74, 6) is 0.549. The van der Waals surface area contributed by atoms with Gasteiger partial charge in [0.15, 0.2) is 0 Å². The molecule has 0 saturated heterocycles. The highest BCUT2D eigenvalue weighted by Crippen LogP contribution is 2.31. The molecule has 3 rings (SSSR count). The number of rotatable bonds is 3. The van der Waals surface area contributed by atoms with Gasteiger partial charge in [-0.1, -0.05) is 12.1 Å². The SMILES string of the molecule is O=Cc1cc(Cc2cccc(F)c2)c2c(c1)OCC2. The summed E-state index contributed by atoms with van der Waals surface area (Å²) in [6.07, 6.45) is 2.28. The van der Waals surface area contributed by atoms with E-state index < -0.39 is 0 Å². The lowest BCUT2D eigenvalue weighted by molar-refractivity contribution is 0.112. The van der Waals surface area contributed by atoms with E-state index >= 15 is 0 Å². The van der Waals surface area contributed by atoms with Crippen LogP contribution in [-0.4, -0.2) is 12.9 Å². The maximum Gasteiger partial charge on any atom is 0.150 e. The number of ether oxygens (including phenoxy) is 1. The highest BCUT2D eigenvalue weighted by atomic mass is 19.1. The number of halogens is 1. The van der Waals surface area contributed by atoms with Crippen LogP contribution in [0.25, 0.3) is 0 Å². The Balaban J connectivity index is 2.00. The minimum absolute atomic E-state index is 0.239. The molecule has 0 bridgehead atoms. The van der Waals surface area contributed by atoms with Crippen LogP contribution in [0.15, 0.2) is 36.4 Å². The highest BCUT2D eigenvalue weighted by molar-refractivity contribution is 5.77. The Kier molecular flexibility index (Phi) is 3.03. The van der Waals surface area contributed by atoms with Crippen molar-refractivity contribution < 1.29 is 13.9 Å². The van der Waals surface area contributed by atoms with Crippen molar-refractivity contribution in [3.8, 4) is 5.75 Å². The van der Waals surface area contributed by atoms with Gasteiger partial charge in [0.25, 0.3) is 0 Å². The number of aldehydes is 1. The molecule has 0 aliphatic carbocycles. The molecule has 19 heavy (non-hydrogen) atoms. The summed E-state index contributed by atoms with van der Waals surface area (Å²) in [5.41, 5.74) is 3.68. The van der Waals surface area contributed by atoms with Gasteiger partial charge in [-0.15, -0.1) is 0 Å². The van der Waals surface area contributed by atoms with E-state index in [2.05, 4.69) is 0 Å². The van der Waals surface area contributed by atoms with E-state index in [9.17, 15) is 9.18 Å². The minimum Gasteiger partial charge on any atom is -0.493 e. The molecule has 2 nitrogen and oxygen atoms in total. The summed E-state index contributed by atoms with van der Waals surface area (Å²) in [5, 5.41) is 0. The summed E-state index contributed by atoms with van der Waals surface area (Å²) in [6.45, 7) is 0.647. The van der Waals surface area contributed by atoms with Gasteiger partial charge in [-0.2, -0.15) is 0 Å². The molecular formula is C16H13FO2. The first-order chi connectivity index (χ1) is 9.26. The van der Waals surface area contributed by atoms with Gasteiger partial charge in [-0.05, 0) is 41.8 Å². The van der Waals surface area contributed by atoms with Crippen molar-refractivity contribution in [3.05, 3.63) is 64.5 Å². The van der Waals surface area contributed by atoms with Gasteiger partial charge in [0.1, 0.15) is 17.9 Å². The predicted molar refractivity (Wildman–Crippen MR) is 70.2 cm³/mol. The van der Waals surface area contributed by atoms with Crippen LogP contribution in [0.5, 0.6) is 5.75 Å². The Labute approximate surface area is 110 Å². The van der Waals surface area contributed by atoms with Gasteiger partial charge in [0.2, 0.25) is 0 Å². The van der Waals surface area contributed by atoms with Crippen LogP contribution in [-0.2, 0) is 12.8 Å². The fraction of sp³-hybridized carbons (Fsp3) is 0.188. The Hall–Kier alpha value is -2.16. The lowest BCUT2D eigenvalue weighted by Crippen LogP contribution is -1.96. The first-order valence-corrected chi connectivity index (χ1v) is 6.24. The zero-order chi connectivity index (χ0) is 13.2. The van der Waals surface area contributed by atoms with E-state index in [1.807, 2.05) is 12.1 Å². The molecule has 1 aliphatic heterocycles. The third-order valence-corrected chi connectivity index (χ3v) is 3.35. The third-order valence-electron chi connectivity index (χ3n) is 3.35. The first kappa shape index (κ1) is 11.9. The van der Waals surface area contributed by atoms with Crippen molar-refractivity contribution in [3.63, 3.8) is 0 Å². The maximum absolute atomic E-state index is 13.2. The van der Waals surface area contributed by atoms with Gasteiger partial charge in [-0.25, -0.2) is 4.39 Å². The number of hydrogen-bond acceptors (Lipinski definition) is 2. The van der Waals surface area contributed by atoms with Crippen LogP contribution >= 0.6 is 0 Å². The fourth-order valence-corrected chi connectivity index (χ4v) is 2.49. The molecule has 0 fully saturated rings. The van der Waals surface area contributed by atoms with Crippen molar-refractivity contribution in [2.45, 2.75) is 12.8 Å². The lowest BCUT2D eigenvalue weighted by Gasteiger charge is -2.09. The van der Waals surface area contributed by atoms with E-state index in [-0.39, 0.29) is 5.82 Å². The van der Waals surface area contributed by atoms with Gasteiger partial charge >= 0.3 is 0 Å². The molecule has 0 radical (unpaired) electrons. The number of carbonyl (C=O) groups is 1. The molecule has 0 spiro atoms. The average molecular weight is 256 g/mol. The fourth-order valence-electron chi connectivity index (χ4n) is 2.49. The van der Waals surface area contributed by atoms with Crippen LogP contribution in [0.3, 0.4) is 0 Å². The zero-order valence-corrected chi connectivity index (χ0v) is 10.4. The molecule has 3 heteroatoms. The normalized spacial score (nSPS) is 12.9. The van der Waals surface area contributed by atoms with Crippen molar-refractivity contribution in [1.82, 2.24) is 0 Å². The summed E-state index contributed by atoms with van der Waals surface area (Å²) < 4.78 is 18.7. The molecule has 0 atom stereocenters. The largest absolute Gasteiger partial charge is 0.493 e. The van der Waals surface area contributed by atoms with Crippen LogP contribution in [0, 0.1) is 5.82 Å². The maximum atomic E-state index is 13.2. The van der Waals surface area contributed by atoms with Gasteiger partial charge in [0.05, 0.1) is 6.61 Å². The molecule has 96 valence electrons. The quantitative estimate of drug-likeness (QED) is 0.788. The van der Waals surface area contributed by atoms with Crippen molar-refractivity contribution in [2.24, 2.45) is 0 Å². The minimum atomic E-state index is -0.239. The summed E-state index contributed by atoms with van der Waals surface area (Å²) in [7, 11) is 0. The van der Waals surface area contributed by atoms with Gasteiger partial charge in [0, 0.05) is 17.5 Å². The second kappa shape index (κ2) is 4.84. The summed E-state index contributed by atoms with van der Waals surface area (Å²) in [4.78, 5) is 10.9. The molecule has 0 saturated carbocycles. The Morgan fingerprint density at radius 3 is 2.95 bits per heavy atom. The summed E-state index contributed by atoms with van der Waals surface area (Å²) in [6, 6.07) is 10.2. The molecule has 2 aromatic rings. The predicted octanol–water partition coefficient (Wildman–Crippen LogP) is 3.16. The average Bonchev–Trinajstić information content (AvgIpc) is 2.87. The molecule has 1 heterocycles. The van der Waals surface area contributed by atoms with Gasteiger partial charge in [-0.3, -0.25) is 4.79 Å². The van der Waals surface area contributed by atoms with Crippen molar-refractivity contribution in [1.29, 1.82) is 0 Å². The van der Waals surface area contributed by atoms with E-state index in [4.69, 9.17) is 4.74 Å². The first-order valence-electron chi connectivity index (χ1n) is 6.24. The van der Waals surface area contributed by atoms with Gasteiger partial charge < -0.3 is 4.74 Å². The van der Waals surface area contributed by atoms with Crippen LogP contribution in [0.1, 0.15) is 27.0 Å². The van der Waals surface area contributed by atoms with E-state index in [0.717, 1.165) is 35.1 Å². The molecule has 0 N–H and O–H groups in total. The van der Waals surface area contributed by atoms with Crippen LogP contribution < -0.4 is 4.74 Å². The second-order valence-corrected chi connectivity index (χ2v) is 4.68. The molecular weight excluding hydrogens is 243 g/mol. The molecule has 0 unspecified atom stereocenters. The molecule has 0 aromatic heterocycles. The van der Waals surface area contributed by atoms with E-state index in [0.29, 0.717) is 18.6 Å². The standard InChI is InChI=1S/C16H13FO2/c17-14-3-1-2-11(8-14)6-13-7-12(10-18)9-16-15(13)4-5-19-16/h1-3,7-10H,4-6H2. The van der Waals surface area contributed by atoms with Crippen molar-refractivity contribution in [2.75, 3.05) is 6.61 Å². The molecule has 1 aliphatic rings. The topological polar surface area (TPSA) is 26.3 Å². The number of hydrogen-bond donors (Lipinski definition) is 0. The second-order valence-electron chi connectivity index (χ2n) is 4.68. The van der Waals surface area contributed by atoms with Crippen molar-refractivity contribution >= 4 is 6.29 Å². The Morgan fingerprint density at radius 2 is 2.16 bits per heavy atom. The molecule has 2 aromatic carbocycles. The zero-order valence-electron chi connectivity index (χ0n) is 10.4. The van der Waals surface area contributed by atoms with Crippen LogP contribution in [0.4, 0.5) is 4.39 Å². The van der Waals surface area contributed by atoms with Crippen LogP contribution in [0.2, 0.25) is 0 Å². The lowest BCUT2D eigenvalue weighted by atomic mass is 9.96.